The Morgan fingerprint density at radius 2 is 1.71 bits per heavy atom. The molecule has 1 aliphatic heterocycles. The molecule has 1 amide bonds. The molecule has 1 aliphatic rings. The summed E-state index contributed by atoms with van der Waals surface area (Å²) >= 11 is 1.02. The lowest BCUT2D eigenvalue weighted by molar-refractivity contribution is -0.140. The lowest BCUT2D eigenvalue weighted by atomic mass is 10.0. The van der Waals surface area contributed by atoms with Gasteiger partial charge >= 0.3 is 12.1 Å². The maximum atomic E-state index is 13.5. The van der Waals surface area contributed by atoms with Crippen molar-refractivity contribution in [3.63, 3.8) is 0 Å². The number of aromatic nitrogens is 1. The van der Waals surface area contributed by atoms with Crippen molar-refractivity contribution in [2.75, 3.05) is 38.2 Å². The Hall–Kier alpha value is -3.83. The van der Waals surface area contributed by atoms with Gasteiger partial charge < -0.3 is 19.3 Å². The number of amides is 1. The first kappa shape index (κ1) is 28.7. The minimum absolute atomic E-state index is 0.209. The zero-order valence-corrected chi connectivity index (χ0v) is 22.9. The molecule has 9 nitrogen and oxygen atoms in total. The number of ether oxygens (including phenoxy) is 2. The Bertz CT molecular complexity index is 1270. The Balaban J connectivity index is 1.99. The van der Waals surface area contributed by atoms with Gasteiger partial charge in [0.2, 0.25) is 0 Å². The van der Waals surface area contributed by atoms with Crippen LogP contribution in [0.5, 0.6) is 0 Å². The average Bonchev–Trinajstić information content (AvgIpc) is 2.90. The molecule has 3 rings (SSSR count). The molecule has 0 radical (unpaired) electrons. The van der Waals surface area contributed by atoms with Gasteiger partial charge in [0.15, 0.2) is 0 Å². The number of rotatable bonds is 6. The molecular weight excluding hydrogens is 509 g/mol. The van der Waals surface area contributed by atoms with Crippen LogP contribution in [0.1, 0.15) is 55.2 Å². The number of benzene rings is 1. The molecule has 1 aromatic carbocycles. The molecule has 1 atom stereocenters. The molecule has 2 heterocycles. The number of hydrogen-bond donors (Lipinski definition) is 0. The third kappa shape index (κ3) is 6.53. The van der Waals surface area contributed by atoms with Gasteiger partial charge in [-0.05, 0) is 50.5 Å². The van der Waals surface area contributed by atoms with Gasteiger partial charge in [-0.15, -0.1) is 0 Å². The van der Waals surface area contributed by atoms with Crippen LogP contribution in [-0.2, 0) is 20.7 Å². The zero-order chi connectivity index (χ0) is 28.0. The molecule has 200 valence electrons. The van der Waals surface area contributed by atoms with Crippen LogP contribution in [-0.4, -0.2) is 60.8 Å². The molecule has 0 aliphatic carbocycles. The van der Waals surface area contributed by atoms with E-state index in [9.17, 15) is 24.5 Å². The minimum atomic E-state index is -0.908. The smallest absolute Gasteiger partial charge is 0.410 e. The predicted molar refractivity (Wildman–Crippen MR) is 140 cm³/mol. The number of pyridine rings is 1. The van der Waals surface area contributed by atoms with E-state index in [1.54, 1.807) is 25.7 Å². The number of nitriles is 2. The van der Waals surface area contributed by atoms with Crippen LogP contribution in [0.4, 0.5) is 15.0 Å². The van der Waals surface area contributed by atoms with Crippen molar-refractivity contribution in [2.45, 2.75) is 50.0 Å². The highest BCUT2D eigenvalue weighted by Crippen LogP contribution is 2.40. The van der Waals surface area contributed by atoms with Gasteiger partial charge in [-0.2, -0.15) is 10.5 Å². The van der Waals surface area contributed by atoms with Crippen LogP contribution < -0.4 is 4.90 Å². The van der Waals surface area contributed by atoms with E-state index in [0.29, 0.717) is 49.5 Å². The van der Waals surface area contributed by atoms with Crippen LogP contribution in [0, 0.1) is 28.5 Å². The monoisotopic (exact) mass is 539 g/mol. The predicted octanol–water partition coefficient (Wildman–Crippen LogP) is 4.59. The van der Waals surface area contributed by atoms with Gasteiger partial charge in [-0.3, -0.25) is 4.79 Å². The van der Waals surface area contributed by atoms with Crippen LogP contribution in [0.2, 0.25) is 0 Å². The molecule has 2 aromatic rings. The molecule has 0 bridgehead atoms. The van der Waals surface area contributed by atoms with Crippen molar-refractivity contribution >= 4 is 29.6 Å². The third-order valence-electron chi connectivity index (χ3n) is 5.87. The summed E-state index contributed by atoms with van der Waals surface area (Å²) in [4.78, 5) is 33.4. The first-order chi connectivity index (χ1) is 18.0. The normalized spacial score (nSPS) is 14.3. The Labute approximate surface area is 226 Å². The lowest BCUT2D eigenvalue weighted by Gasteiger charge is -2.36. The van der Waals surface area contributed by atoms with Crippen molar-refractivity contribution < 1.29 is 23.5 Å². The first-order valence-corrected chi connectivity index (χ1v) is 13.0. The maximum Gasteiger partial charge on any atom is 0.410 e. The number of nitrogens with zero attached hydrogens (tertiary/aromatic N) is 5. The summed E-state index contributed by atoms with van der Waals surface area (Å²) < 4.78 is 24.0. The molecule has 1 unspecified atom stereocenters. The van der Waals surface area contributed by atoms with Crippen molar-refractivity contribution in [1.29, 1.82) is 10.5 Å². The SMILES string of the molecule is CCc1c(C#N)c(SC(C(=O)OC)c2ccc(F)cc2)nc(N2CCN(C(=O)OC(C)(C)C)CC2)c1C#N. The highest BCUT2D eigenvalue weighted by molar-refractivity contribution is 8.00. The van der Waals surface area contributed by atoms with E-state index < -0.39 is 28.7 Å². The number of hydrogen-bond acceptors (Lipinski definition) is 9. The van der Waals surface area contributed by atoms with Crippen LogP contribution in [0.25, 0.3) is 0 Å². The fourth-order valence-electron chi connectivity index (χ4n) is 4.03. The van der Waals surface area contributed by atoms with Crippen LogP contribution >= 0.6 is 11.8 Å². The molecule has 0 N–H and O–H groups in total. The number of methoxy groups -OCH3 is 1. The second kappa shape index (κ2) is 12.1. The van der Waals surface area contributed by atoms with E-state index in [1.165, 1.54) is 31.4 Å². The third-order valence-corrected chi connectivity index (χ3v) is 7.09. The van der Waals surface area contributed by atoms with Crippen molar-refractivity contribution in [1.82, 2.24) is 9.88 Å². The van der Waals surface area contributed by atoms with Gasteiger partial charge in [-0.25, -0.2) is 14.2 Å². The van der Waals surface area contributed by atoms with Crippen molar-refractivity contribution in [2.24, 2.45) is 0 Å². The van der Waals surface area contributed by atoms with Gasteiger partial charge in [0.25, 0.3) is 0 Å². The summed E-state index contributed by atoms with van der Waals surface area (Å²) in [5.74, 6) is -0.641. The molecule has 1 fully saturated rings. The van der Waals surface area contributed by atoms with Crippen LogP contribution in [0.15, 0.2) is 29.3 Å². The van der Waals surface area contributed by atoms with Gasteiger partial charge in [0.1, 0.15) is 39.7 Å². The highest BCUT2D eigenvalue weighted by atomic mass is 32.2. The standard InChI is InChI=1S/C27H30FN5O4S/c1-6-19-20(15-29)23(32-11-13-33(14-12-32)26(35)37-27(2,3)4)31-24(21(19)16-30)38-22(25(34)36-5)17-7-9-18(28)10-8-17/h7-10,22H,6,11-14H2,1-5H3. The van der Waals surface area contributed by atoms with E-state index in [-0.39, 0.29) is 16.2 Å². The number of esters is 1. The van der Waals surface area contributed by atoms with E-state index in [0.717, 1.165) is 11.8 Å². The largest absolute Gasteiger partial charge is 0.468 e. The number of carbonyl (C=O) groups is 2. The number of anilines is 1. The topological polar surface area (TPSA) is 120 Å². The summed E-state index contributed by atoms with van der Waals surface area (Å²) in [5, 5.41) is 19.4. The highest BCUT2D eigenvalue weighted by Gasteiger charge is 2.31. The summed E-state index contributed by atoms with van der Waals surface area (Å²) in [6.07, 6.45) is -0.0113. The van der Waals surface area contributed by atoms with E-state index in [2.05, 4.69) is 12.1 Å². The van der Waals surface area contributed by atoms with Gasteiger partial charge in [0.05, 0.1) is 18.2 Å². The molecule has 1 saturated heterocycles. The van der Waals surface area contributed by atoms with E-state index >= 15 is 0 Å². The molecular formula is C27H30FN5O4S. The summed E-state index contributed by atoms with van der Waals surface area (Å²) in [7, 11) is 1.25. The summed E-state index contributed by atoms with van der Waals surface area (Å²) in [6.45, 7) is 8.79. The summed E-state index contributed by atoms with van der Waals surface area (Å²) in [5.41, 5.74) is 0.903. The number of carbonyl (C=O) groups excluding carboxylic acids is 2. The Morgan fingerprint density at radius 1 is 1.11 bits per heavy atom. The fourth-order valence-corrected chi connectivity index (χ4v) is 5.17. The lowest BCUT2D eigenvalue weighted by Crippen LogP contribution is -2.50. The molecule has 11 heteroatoms. The average molecular weight is 540 g/mol. The van der Waals surface area contributed by atoms with E-state index in [4.69, 9.17) is 14.5 Å². The number of thioether (sulfide) groups is 1. The number of halogens is 1. The molecule has 38 heavy (non-hydrogen) atoms. The minimum Gasteiger partial charge on any atom is -0.468 e. The molecule has 0 spiro atoms. The van der Waals surface area contributed by atoms with Gasteiger partial charge in [-0.1, -0.05) is 30.8 Å². The second-order valence-corrected chi connectivity index (χ2v) is 10.7. The van der Waals surface area contributed by atoms with E-state index in [1.807, 2.05) is 11.8 Å². The van der Waals surface area contributed by atoms with Gasteiger partial charge in [0, 0.05) is 26.2 Å². The Kier molecular flexibility index (Phi) is 9.18. The quantitative estimate of drug-likeness (QED) is 0.383. The van der Waals surface area contributed by atoms with Crippen molar-refractivity contribution in [3.05, 3.63) is 52.3 Å². The fraction of sp³-hybridized carbons (Fsp3) is 0.444. The first-order valence-electron chi connectivity index (χ1n) is 12.1. The Morgan fingerprint density at radius 3 is 2.21 bits per heavy atom. The van der Waals surface area contributed by atoms with Crippen molar-refractivity contribution in [3.8, 4) is 12.1 Å². The molecule has 0 saturated carbocycles. The second-order valence-electron chi connectivity index (χ2n) is 9.57. The molecule has 1 aromatic heterocycles. The number of piperazine rings is 1. The van der Waals surface area contributed by atoms with Crippen LogP contribution in [0.3, 0.4) is 0 Å². The summed E-state index contributed by atoms with van der Waals surface area (Å²) in [6, 6.07) is 9.81. The zero-order valence-electron chi connectivity index (χ0n) is 22.1. The maximum absolute atomic E-state index is 13.5.